The standard InChI is InChI=1S/C26H23F3N6O3S/c1-25(2,3)23(36)16-11-32-24-22(16)34-21(12-33-24)13-8-19-15(6-7-31-19)20(9-13)35-39(37,38)14-4-5-18(30)17(10-14)26(27,28)29/h4-12,31,35H,30H2,1-3H3,(H,32,33). The van der Waals surface area contributed by atoms with Gasteiger partial charge in [-0.3, -0.25) is 9.52 Å². The largest absolute Gasteiger partial charge is 0.418 e. The summed E-state index contributed by atoms with van der Waals surface area (Å²) in [4.78, 5) is 27.3. The van der Waals surface area contributed by atoms with E-state index in [0.29, 0.717) is 45.0 Å². The molecule has 0 saturated heterocycles. The Labute approximate surface area is 220 Å². The number of sulfonamides is 1. The molecule has 0 saturated carbocycles. The van der Waals surface area contributed by atoms with E-state index in [4.69, 9.17) is 5.73 Å². The maximum Gasteiger partial charge on any atom is 0.418 e. The van der Waals surface area contributed by atoms with E-state index in [9.17, 15) is 26.4 Å². The van der Waals surface area contributed by atoms with Crippen molar-refractivity contribution < 1.29 is 26.4 Å². The molecule has 5 N–H and O–H groups in total. The molecule has 13 heteroatoms. The molecule has 9 nitrogen and oxygen atoms in total. The molecule has 0 bridgehead atoms. The molecule has 2 aromatic carbocycles. The van der Waals surface area contributed by atoms with Crippen molar-refractivity contribution in [2.24, 2.45) is 5.41 Å². The molecule has 5 aromatic rings. The first kappa shape index (κ1) is 26.2. The second-order valence-corrected chi connectivity index (χ2v) is 11.7. The Hall–Kier alpha value is -4.39. The monoisotopic (exact) mass is 556 g/mol. The van der Waals surface area contributed by atoms with Gasteiger partial charge < -0.3 is 15.7 Å². The number of benzene rings is 2. The molecule has 0 spiro atoms. The molecule has 3 heterocycles. The summed E-state index contributed by atoms with van der Waals surface area (Å²) in [6.07, 6.45) is -0.204. The van der Waals surface area contributed by atoms with Crippen LogP contribution in [0.25, 0.3) is 33.3 Å². The van der Waals surface area contributed by atoms with Crippen molar-refractivity contribution in [1.82, 2.24) is 19.9 Å². The number of H-pyrrole nitrogens is 2. The van der Waals surface area contributed by atoms with E-state index in [1.54, 1.807) is 45.3 Å². The lowest BCUT2D eigenvalue weighted by Crippen LogP contribution is -2.20. The zero-order chi connectivity index (χ0) is 28.3. The Balaban J connectivity index is 1.60. The summed E-state index contributed by atoms with van der Waals surface area (Å²) in [7, 11) is -4.45. The summed E-state index contributed by atoms with van der Waals surface area (Å²) < 4.78 is 68.7. The number of Topliss-reactive ketones (excluding diaryl/α,β-unsaturated/α-hetero) is 1. The number of nitrogens with zero attached hydrogens (tertiary/aromatic N) is 2. The number of hydrogen-bond acceptors (Lipinski definition) is 6. The second kappa shape index (κ2) is 8.83. The van der Waals surface area contributed by atoms with Gasteiger partial charge >= 0.3 is 6.18 Å². The third-order valence-corrected chi connectivity index (χ3v) is 7.52. The second-order valence-electron chi connectivity index (χ2n) is 10.0. The van der Waals surface area contributed by atoms with E-state index in [-0.39, 0.29) is 11.5 Å². The number of anilines is 2. The van der Waals surface area contributed by atoms with Gasteiger partial charge in [-0.05, 0) is 36.4 Å². The SMILES string of the molecule is CC(C)(C)C(=O)c1c[nH]c2ncc(-c3cc(NS(=O)(=O)c4ccc(N)c(C(F)(F)F)c4)c4cc[nH]c4c3)nc12. The van der Waals surface area contributed by atoms with Crippen LogP contribution in [0.2, 0.25) is 0 Å². The van der Waals surface area contributed by atoms with Crippen LogP contribution in [-0.2, 0) is 16.2 Å². The van der Waals surface area contributed by atoms with Crippen LogP contribution in [0.5, 0.6) is 0 Å². The zero-order valence-electron chi connectivity index (χ0n) is 20.9. The summed E-state index contributed by atoms with van der Waals surface area (Å²) in [5.74, 6) is -0.129. The fourth-order valence-corrected chi connectivity index (χ4v) is 5.26. The van der Waals surface area contributed by atoms with Gasteiger partial charge in [0.15, 0.2) is 11.4 Å². The van der Waals surface area contributed by atoms with Crippen LogP contribution in [0, 0.1) is 5.41 Å². The Morgan fingerprint density at radius 2 is 1.79 bits per heavy atom. The van der Waals surface area contributed by atoms with E-state index >= 15 is 0 Å². The molecule has 0 aliphatic heterocycles. The molecule has 0 atom stereocenters. The average molecular weight is 557 g/mol. The first-order chi connectivity index (χ1) is 18.1. The van der Waals surface area contributed by atoms with Crippen LogP contribution in [-0.4, -0.2) is 34.1 Å². The molecule has 0 fully saturated rings. The van der Waals surface area contributed by atoms with Gasteiger partial charge in [-0.1, -0.05) is 20.8 Å². The number of nitrogens with one attached hydrogen (secondary N) is 3. The van der Waals surface area contributed by atoms with Crippen molar-refractivity contribution in [1.29, 1.82) is 0 Å². The molecule has 5 rings (SSSR count). The van der Waals surface area contributed by atoms with Crippen LogP contribution in [0.4, 0.5) is 24.5 Å². The van der Waals surface area contributed by atoms with Gasteiger partial charge in [0.25, 0.3) is 10.0 Å². The summed E-state index contributed by atoms with van der Waals surface area (Å²) in [5.41, 5.74) is 5.55. The van der Waals surface area contributed by atoms with Gasteiger partial charge in [-0.2, -0.15) is 13.2 Å². The maximum absolute atomic E-state index is 13.3. The number of carbonyl (C=O) groups is 1. The van der Waals surface area contributed by atoms with Crippen LogP contribution in [0.1, 0.15) is 36.7 Å². The predicted molar refractivity (Wildman–Crippen MR) is 142 cm³/mol. The molecule has 0 aliphatic rings. The summed E-state index contributed by atoms with van der Waals surface area (Å²) in [6.45, 7) is 5.38. The fourth-order valence-electron chi connectivity index (χ4n) is 4.16. The minimum Gasteiger partial charge on any atom is -0.398 e. The summed E-state index contributed by atoms with van der Waals surface area (Å²) in [5, 5.41) is 0.480. The van der Waals surface area contributed by atoms with Gasteiger partial charge in [0.05, 0.1) is 33.6 Å². The van der Waals surface area contributed by atoms with Gasteiger partial charge in [-0.15, -0.1) is 0 Å². The summed E-state index contributed by atoms with van der Waals surface area (Å²) in [6, 6.07) is 7.26. The van der Waals surface area contributed by atoms with E-state index in [1.165, 1.54) is 12.3 Å². The van der Waals surface area contributed by atoms with Crippen LogP contribution >= 0.6 is 0 Å². The van der Waals surface area contributed by atoms with Gasteiger partial charge in [0.1, 0.15) is 5.52 Å². The minimum absolute atomic E-state index is 0.107. The molecular weight excluding hydrogens is 533 g/mol. The van der Waals surface area contributed by atoms with Crippen molar-refractivity contribution in [2.75, 3.05) is 10.5 Å². The molecular formula is C26H23F3N6O3S. The Morgan fingerprint density at radius 1 is 1.05 bits per heavy atom. The number of aromatic nitrogens is 4. The number of alkyl halides is 3. The molecule has 202 valence electrons. The number of nitrogens with two attached hydrogens (primary N) is 1. The molecule has 0 unspecified atom stereocenters. The quantitative estimate of drug-likeness (QED) is 0.160. The topological polar surface area (TPSA) is 147 Å². The molecule has 0 amide bonds. The predicted octanol–water partition coefficient (Wildman–Crippen LogP) is 5.74. The van der Waals surface area contributed by atoms with Gasteiger partial charge in [0, 0.05) is 40.0 Å². The normalized spacial score (nSPS) is 12.8. The lowest BCUT2D eigenvalue weighted by Gasteiger charge is -2.15. The van der Waals surface area contributed by atoms with Gasteiger partial charge in [0.2, 0.25) is 0 Å². The number of carbonyl (C=O) groups excluding carboxylic acids is 1. The lowest BCUT2D eigenvalue weighted by molar-refractivity contribution is -0.137. The van der Waals surface area contributed by atoms with Crippen molar-refractivity contribution in [3.63, 3.8) is 0 Å². The smallest absolute Gasteiger partial charge is 0.398 e. The first-order valence-electron chi connectivity index (χ1n) is 11.6. The number of rotatable bonds is 5. The highest BCUT2D eigenvalue weighted by Crippen LogP contribution is 2.36. The third-order valence-electron chi connectivity index (χ3n) is 6.16. The first-order valence-corrected chi connectivity index (χ1v) is 13.1. The number of ketones is 1. The fraction of sp³-hybridized carbons (Fsp3) is 0.192. The van der Waals surface area contributed by atoms with E-state index in [1.807, 2.05) is 0 Å². The Morgan fingerprint density at radius 3 is 2.49 bits per heavy atom. The average Bonchev–Trinajstić information content (AvgIpc) is 3.49. The molecule has 3 aromatic heterocycles. The van der Waals surface area contributed by atoms with E-state index in [0.717, 1.165) is 12.1 Å². The highest BCUT2D eigenvalue weighted by molar-refractivity contribution is 7.92. The molecule has 0 aliphatic carbocycles. The minimum atomic E-state index is -4.83. The third kappa shape index (κ3) is 4.80. The van der Waals surface area contributed by atoms with E-state index in [2.05, 4.69) is 24.7 Å². The number of aromatic amines is 2. The summed E-state index contributed by atoms with van der Waals surface area (Å²) >= 11 is 0. The van der Waals surface area contributed by atoms with Crippen LogP contribution < -0.4 is 10.5 Å². The van der Waals surface area contributed by atoms with Crippen LogP contribution in [0.3, 0.4) is 0 Å². The van der Waals surface area contributed by atoms with Crippen molar-refractivity contribution in [3.8, 4) is 11.3 Å². The highest BCUT2D eigenvalue weighted by Gasteiger charge is 2.34. The van der Waals surface area contributed by atoms with Crippen molar-refractivity contribution in [2.45, 2.75) is 31.8 Å². The van der Waals surface area contributed by atoms with Crippen LogP contribution in [0.15, 0.2) is 59.9 Å². The Kier molecular flexibility index (Phi) is 5.94. The molecule has 39 heavy (non-hydrogen) atoms. The number of fused-ring (bicyclic) bond motifs is 2. The Bertz CT molecular complexity index is 1870. The number of halogens is 3. The molecule has 0 radical (unpaired) electrons. The van der Waals surface area contributed by atoms with Crippen molar-refractivity contribution >= 4 is 49.2 Å². The lowest BCUT2D eigenvalue weighted by atomic mass is 9.87. The zero-order valence-corrected chi connectivity index (χ0v) is 21.8. The highest BCUT2D eigenvalue weighted by atomic mass is 32.2. The van der Waals surface area contributed by atoms with Crippen molar-refractivity contribution in [3.05, 3.63) is 66.1 Å². The number of hydrogen-bond donors (Lipinski definition) is 4. The maximum atomic E-state index is 13.3. The van der Waals surface area contributed by atoms with E-state index < -0.39 is 37.8 Å². The number of nitrogen functional groups attached to an aromatic ring is 1. The van der Waals surface area contributed by atoms with Gasteiger partial charge in [-0.25, -0.2) is 18.4 Å².